The first-order valence-electron chi connectivity index (χ1n) is 7.39. The monoisotopic (exact) mass is 399 g/mol. The highest BCUT2D eigenvalue weighted by atomic mass is 79.9. The summed E-state index contributed by atoms with van der Waals surface area (Å²) in [6.07, 6.45) is 3.12. The average Bonchev–Trinajstić information content (AvgIpc) is 3.17. The Kier molecular flexibility index (Phi) is 5.30. The molecule has 0 aliphatic carbocycles. The molecule has 0 aliphatic rings. The van der Waals surface area contributed by atoms with Crippen LogP contribution in [0.2, 0.25) is 0 Å². The number of aliphatic imine (C=N–C) groups is 1. The molecule has 0 amide bonds. The first kappa shape index (κ1) is 17.0. The molecule has 0 bridgehead atoms. The van der Waals surface area contributed by atoms with E-state index in [1.165, 1.54) is 19.4 Å². The normalized spacial score (nSPS) is 10.8. The first-order chi connectivity index (χ1) is 12.2. The van der Waals surface area contributed by atoms with Crippen LogP contribution < -0.4 is 9.47 Å². The Labute approximate surface area is 153 Å². The van der Waals surface area contributed by atoms with Crippen molar-refractivity contribution in [1.29, 1.82) is 0 Å². The molecule has 0 fully saturated rings. The number of carbonyl (C=O) groups excluding carboxylic acids is 1. The second-order valence-corrected chi connectivity index (χ2v) is 5.84. The number of halogens is 1. The van der Waals surface area contributed by atoms with Gasteiger partial charge >= 0.3 is 5.97 Å². The van der Waals surface area contributed by atoms with Crippen molar-refractivity contribution in [3.05, 3.63) is 76.7 Å². The van der Waals surface area contributed by atoms with E-state index < -0.39 is 5.97 Å². The maximum absolute atomic E-state index is 12.0. The summed E-state index contributed by atoms with van der Waals surface area (Å²) in [7, 11) is 1.51. The topological polar surface area (TPSA) is 61.0 Å². The molecule has 126 valence electrons. The zero-order chi connectivity index (χ0) is 17.6. The van der Waals surface area contributed by atoms with Crippen LogP contribution in [-0.4, -0.2) is 19.3 Å². The van der Waals surface area contributed by atoms with Gasteiger partial charge in [0.25, 0.3) is 0 Å². The van der Waals surface area contributed by atoms with E-state index in [4.69, 9.17) is 13.9 Å². The minimum Gasteiger partial charge on any atom is -0.493 e. The molecule has 3 aromatic rings. The van der Waals surface area contributed by atoms with Gasteiger partial charge in [0, 0.05) is 10.7 Å². The van der Waals surface area contributed by atoms with Crippen molar-refractivity contribution >= 4 is 33.8 Å². The lowest BCUT2D eigenvalue weighted by Crippen LogP contribution is -2.08. The molecule has 1 aromatic heterocycles. The summed E-state index contributed by atoms with van der Waals surface area (Å²) in [5.41, 5.74) is 1.63. The third-order valence-corrected chi connectivity index (χ3v) is 3.99. The van der Waals surface area contributed by atoms with E-state index in [9.17, 15) is 4.79 Å². The molecule has 0 saturated heterocycles. The number of ether oxygens (including phenoxy) is 2. The van der Waals surface area contributed by atoms with E-state index in [-0.39, 0.29) is 5.76 Å². The van der Waals surface area contributed by atoms with Gasteiger partial charge < -0.3 is 13.9 Å². The van der Waals surface area contributed by atoms with Crippen LogP contribution in [0, 0.1) is 0 Å². The SMILES string of the molecule is COc1cc(C=Nc2ccccc2Br)ccc1OC(=O)c1ccco1. The fraction of sp³-hybridized carbons (Fsp3) is 0.0526. The highest BCUT2D eigenvalue weighted by Gasteiger charge is 2.14. The van der Waals surface area contributed by atoms with Crippen molar-refractivity contribution in [3.8, 4) is 11.5 Å². The van der Waals surface area contributed by atoms with Crippen LogP contribution >= 0.6 is 15.9 Å². The lowest BCUT2D eigenvalue weighted by molar-refractivity contribution is 0.0696. The zero-order valence-corrected chi connectivity index (χ0v) is 14.9. The highest BCUT2D eigenvalue weighted by molar-refractivity contribution is 9.10. The Balaban J connectivity index is 1.80. The lowest BCUT2D eigenvalue weighted by atomic mass is 10.2. The number of furan rings is 1. The number of nitrogens with zero attached hydrogens (tertiary/aromatic N) is 1. The summed E-state index contributed by atoms with van der Waals surface area (Å²) in [6.45, 7) is 0. The van der Waals surface area contributed by atoms with Crippen LogP contribution in [-0.2, 0) is 0 Å². The molecule has 1 heterocycles. The summed E-state index contributed by atoms with van der Waals surface area (Å²) in [5.74, 6) is 0.275. The molecular formula is C19H14BrNO4. The van der Waals surface area contributed by atoms with E-state index in [1.807, 2.05) is 24.3 Å². The molecule has 0 radical (unpaired) electrons. The molecule has 25 heavy (non-hydrogen) atoms. The zero-order valence-electron chi connectivity index (χ0n) is 13.3. The number of esters is 1. The Morgan fingerprint density at radius 3 is 2.68 bits per heavy atom. The van der Waals surface area contributed by atoms with Crippen molar-refractivity contribution in [2.24, 2.45) is 4.99 Å². The van der Waals surface area contributed by atoms with Gasteiger partial charge in [-0.2, -0.15) is 0 Å². The van der Waals surface area contributed by atoms with Crippen molar-refractivity contribution in [3.63, 3.8) is 0 Å². The third kappa shape index (κ3) is 4.16. The molecule has 0 aliphatic heterocycles. The molecule has 5 nitrogen and oxygen atoms in total. The standard InChI is InChI=1S/C19H14BrNO4/c1-23-18-11-13(12-21-15-6-3-2-5-14(15)20)8-9-16(18)25-19(22)17-7-4-10-24-17/h2-12H,1H3. The van der Waals surface area contributed by atoms with E-state index in [0.29, 0.717) is 11.5 Å². The predicted octanol–water partition coefficient (Wildman–Crippen LogP) is 5.02. The van der Waals surface area contributed by atoms with Crippen LogP contribution in [0.3, 0.4) is 0 Å². The number of para-hydroxylation sites is 1. The number of rotatable bonds is 5. The van der Waals surface area contributed by atoms with Crippen LogP contribution in [0.1, 0.15) is 16.1 Å². The fourth-order valence-corrected chi connectivity index (χ4v) is 2.48. The van der Waals surface area contributed by atoms with Gasteiger partial charge in [-0.05, 0) is 64.0 Å². The number of carbonyl (C=O) groups is 1. The van der Waals surface area contributed by atoms with E-state index in [0.717, 1.165) is 15.7 Å². The molecule has 2 aromatic carbocycles. The molecule has 3 rings (SSSR count). The van der Waals surface area contributed by atoms with E-state index >= 15 is 0 Å². The van der Waals surface area contributed by atoms with Crippen LogP contribution in [0.4, 0.5) is 5.69 Å². The number of benzene rings is 2. The van der Waals surface area contributed by atoms with Crippen molar-refractivity contribution < 1.29 is 18.7 Å². The maximum atomic E-state index is 12.0. The highest BCUT2D eigenvalue weighted by Crippen LogP contribution is 2.29. The van der Waals surface area contributed by atoms with Gasteiger partial charge in [-0.25, -0.2) is 4.79 Å². The van der Waals surface area contributed by atoms with Gasteiger partial charge in [0.1, 0.15) is 0 Å². The second-order valence-electron chi connectivity index (χ2n) is 4.99. The molecular weight excluding hydrogens is 386 g/mol. The van der Waals surface area contributed by atoms with Gasteiger partial charge in [-0.15, -0.1) is 0 Å². The minimum atomic E-state index is -0.585. The number of hydrogen-bond acceptors (Lipinski definition) is 5. The molecule has 0 unspecified atom stereocenters. The summed E-state index contributed by atoms with van der Waals surface area (Å²) < 4.78 is 16.5. The van der Waals surface area contributed by atoms with Crippen LogP contribution in [0.15, 0.2) is 74.7 Å². The fourth-order valence-electron chi connectivity index (χ4n) is 2.09. The van der Waals surface area contributed by atoms with Gasteiger partial charge in [0.15, 0.2) is 11.5 Å². The Hall–Kier alpha value is -2.86. The summed E-state index contributed by atoms with van der Waals surface area (Å²) in [5, 5.41) is 0. The maximum Gasteiger partial charge on any atom is 0.379 e. The second kappa shape index (κ2) is 7.81. The van der Waals surface area contributed by atoms with E-state index in [2.05, 4.69) is 20.9 Å². The third-order valence-electron chi connectivity index (χ3n) is 3.32. The van der Waals surface area contributed by atoms with Crippen LogP contribution in [0.5, 0.6) is 11.5 Å². The Bertz CT molecular complexity index is 904. The van der Waals surface area contributed by atoms with E-state index in [1.54, 1.807) is 30.5 Å². The smallest absolute Gasteiger partial charge is 0.379 e. The van der Waals surface area contributed by atoms with Crippen LogP contribution in [0.25, 0.3) is 0 Å². The summed E-state index contributed by atoms with van der Waals surface area (Å²) in [4.78, 5) is 16.4. The first-order valence-corrected chi connectivity index (χ1v) is 8.19. The molecule has 0 N–H and O–H groups in total. The predicted molar refractivity (Wildman–Crippen MR) is 98.1 cm³/mol. The molecule has 0 saturated carbocycles. The molecule has 0 atom stereocenters. The molecule has 6 heteroatoms. The Morgan fingerprint density at radius 2 is 1.96 bits per heavy atom. The van der Waals surface area contributed by atoms with Gasteiger partial charge in [0.05, 0.1) is 19.1 Å². The minimum absolute atomic E-state index is 0.126. The van der Waals surface area contributed by atoms with Crippen molar-refractivity contribution in [1.82, 2.24) is 0 Å². The summed E-state index contributed by atoms with van der Waals surface area (Å²) in [6, 6.07) is 16.0. The van der Waals surface area contributed by atoms with Gasteiger partial charge in [-0.3, -0.25) is 4.99 Å². The van der Waals surface area contributed by atoms with Gasteiger partial charge in [0.2, 0.25) is 5.76 Å². The lowest BCUT2D eigenvalue weighted by Gasteiger charge is -2.09. The largest absolute Gasteiger partial charge is 0.493 e. The average molecular weight is 400 g/mol. The molecule has 0 spiro atoms. The number of hydrogen-bond donors (Lipinski definition) is 0. The van der Waals surface area contributed by atoms with Crippen molar-refractivity contribution in [2.45, 2.75) is 0 Å². The quantitative estimate of drug-likeness (QED) is 0.343. The number of methoxy groups -OCH3 is 1. The Morgan fingerprint density at radius 1 is 1.12 bits per heavy atom. The van der Waals surface area contributed by atoms with Crippen molar-refractivity contribution in [2.75, 3.05) is 7.11 Å². The van der Waals surface area contributed by atoms with Gasteiger partial charge in [-0.1, -0.05) is 12.1 Å². The summed E-state index contributed by atoms with van der Waals surface area (Å²) >= 11 is 3.45.